The van der Waals surface area contributed by atoms with Crippen molar-refractivity contribution in [3.63, 3.8) is 0 Å². The van der Waals surface area contributed by atoms with Crippen molar-refractivity contribution < 1.29 is 24.5 Å². The minimum Gasteiger partial charge on any atom is -0.466 e. The van der Waals surface area contributed by atoms with E-state index in [9.17, 15) is 19.8 Å². The summed E-state index contributed by atoms with van der Waals surface area (Å²) in [6.07, 6.45) is 71.8. The van der Waals surface area contributed by atoms with Gasteiger partial charge in [0.1, 0.15) is 0 Å². The fraction of sp³-hybridized carbons (Fsp3) is 0.871. The Kier molecular flexibility index (Phi) is 56.0. The van der Waals surface area contributed by atoms with Crippen molar-refractivity contribution in [3.8, 4) is 0 Å². The van der Waals surface area contributed by atoms with Gasteiger partial charge in [0.2, 0.25) is 5.91 Å². The van der Waals surface area contributed by atoms with Gasteiger partial charge in [0.25, 0.3) is 0 Å². The van der Waals surface area contributed by atoms with E-state index in [1.165, 1.54) is 250 Å². The minimum absolute atomic E-state index is 0.00808. The molecule has 0 rings (SSSR count). The Balaban J connectivity index is 3.46. The summed E-state index contributed by atoms with van der Waals surface area (Å²) in [5, 5.41) is 23.1. The van der Waals surface area contributed by atoms with Gasteiger partial charge in [-0.2, -0.15) is 0 Å². The molecule has 0 aliphatic carbocycles. The van der Waals surface area contributed by atoms with Gasteiger partial charge in [0.05, 0.1) is 25.4 Å². The molecule has 6 nitrogen and oxygen atoms in total. The summed E-state index contributed by atoms with van der Waals surface area (Å²) < 4.78 is 5.46. The first-order chi connectivity index (χ1) is 33.5. The number of hydrogen-bond acceptors (Lipinski definition) is 5. The summed E-state index contributed by atoms with van der Waals surface area (Å²) in [6, 6.07) is -0.632. The molecule has 0 spiro atoms. The van der Waals surface area contributed by atoms with E-state index in [1.807, 2.05) is 6.08 Å². The van der Waals surface area contributed by atoms with Crippen LogP contribution in [-0.4, -0.2) is 47.4 Å². The molecule has 0 aromatic carbocycles. The zero-order valence-corrected chi connectivity index (χ0v) is 45.6. The first-order valence-electron chi connectivity index (χ1n) is 30.3. The number of carbonyl (C=O) groups excluding carboxylic acids is 2. The van der Waals surface area contributed by atoms with Crippen LogP contribution < -0.4 is 5.32 Å². The van der Waals surface area contributed by atoms with Gasteiger partial charge in [0, 0.05) is 12.8 Å². The van der Waals surface area contributed by atoms with E-state index in [2.05, 4.69) is 43.5 Å². The Morgan fingerprint density at radius 2 is 0.735 bits per heavy atom. The van der Waals surface area contributed by atoms with Gasteiger partial charge in [-0.15, -0.1) is 0 Å². The Hall–Kier alpha value is -1.92. The third-order valence-corrected chi connectivity index (χ3v) is 13.9. The number of aliphatic hydroxyl groups is 2. The Labute approximate surface area is 424 Å². The van der Waals surface area contributed by atoms with Crippen LogP contribution in [0.3, 0.4) is 0 Å². The van der Waals surface area contributed by atoms with Gasteiger partial charge in [-0.1, -0.05) is 281 Å². The zero-order valence-electron chi connectivity index (χ0n) is 45.6. The summed E-state index contributed by atoms with van der Waals surface area (Å²) in [4.78, 5) is 24.4. The lowest BCUT2D eigenvalue weighted by molar-refractivity contribution is -0.143. The lowest BCUT2D eigenvalue weighted by atomic mass is 10.0. The van der Waals surface area contributed by atoms with E-state index < -0.39 is 12.1 Å². The van der Waals surface area contributed by atoms with Gasteiger partial charge in [-0.25, -0.2) is 0 Å². The number of carbonyl (C=O) groups is 2. The van der Waals surface area contributed by atoms with E-state index >= 15 is 0 Å². The number of allylic oxidation sites excluding steroid dienone is 5. The second-order valence-electron chi connectivity index (χ2n) is 20.7. The zero-order chi connectivity index (χ0) is 49.3. The molecular weight excluding hydrogens is 839 g/mol. The number of aliphatic hydroxyl groups excluding tert-OH is 2. The summed E-state index contributed by atoms with van der Waals surface area (Å²) >= 11 is 0. The molecule has 0 aromatic heterocycles. The first-order valence-corrected chi connectivity index (χ1v) is 30.3. The highest BCUT2D eigenvalue weighted by Crippen LogP contribution is 2.16. The molecule has 0 aromatic rings. The predicted molar refractivity (Wildman–Crippen MR) is 296 cm³/mol. The van der Waals surface area contributed by atoms with E-state index in [4.69, 9.17) is 4.74 Å². The molecule has 0 saturated heterocycles. The third kappa shape index (κ3) is 53.4. The molecule has 6 heteroatoms. The lowest BCUT2D eigenvalue weighted by Crippen LogP contribution is -2.45. The second-order valence-corrected chi connectivity index (χ2v) is 20.7. The van der Waals surface area contributed by atoms with Crippen LogP contribution in [0.25, 0.3) is 0 Å². The van der Waals surface area contributed by atoms with Crippen LogP contribution in [-0.2, 0) is 14.3 Å². The molecule has 0 radical (unpaired) electrons. The van der Waals surface area contributed by atoms with Crippen molar-refractivity contribution in [2.75, 3.05) is 13.2 Å². The summed E-state index contributed by atoms with van der Waals surface area (Å²) in [5.74, 6) is -0.0651. The average molecular weight is 957 g/mol. The fourth-order valence-electron chi connectivity index (χ4n) is 9.25. The number of amides is 1. The molecule has 400 valence electrons. The Morgan fingerprint density at radius 3 is 1.12 bits per heavy atom. The summed E-state index contributed by atoms with van der Waals surface area (Å²) in [5.41, 5.74) is 0. The molecule has 68 heavy (non-hydrogen) atoms. The minimum atomic E-state index is -0.848. The van der Waals surface area contributed by atoms with Crippen LogP contribution in [0.15, 0.2) is 36.5 Å². The first kappa shape index (κ1) is 66.1. The predicted octanol–water partition coefficient (Wildman–Crippen LogP) is 18.8. The lowest BCUT2D eigenvalue weighted by Gasteiger charge is -2.20. The van der Waals surface area contributed by atoms with Crippen molar-refractivity contribution in [1.82, 2.24) is 5.32 Å². The fourth-order valence-corrected chi connectivity index (χ4v) is 9.25. The van der Waals surface area contributed by atoms with Crippen LogP contribution in [0.5, 0.6) is 0 Å². The van der Waals surface area contributed by atoms with Gasteiger partial charge in [-0.05, 0) is 64.2 Å². The number of hydrogen-bond donors (Lipinski definition) is 3. The molecule has 0 heterocycles. The highest BCUT2D eigenvalue weighted by molar-refractivity contribution is 5.76. The molecule has 0 aliphatic heterocycles. The van der Waals surface area contributed by atoms with E-state index in [0.717, 1.165) is 44.9 Å². The number of unbranched alkanes of at least 4 members (excludes halogenated alkanes) is 41. The maximum Gasteiger partial charge on any atom is 0.305 e. The van der Waals surface area contributed by atoms with E-state index in [-0.39, 0.29) is 18.5 Å². The van der Waals surface area contributed by atoms with Crippen molar-refractivity contribution in [1.29, 1.82) is 0 Å². The maximum atomic E-state index is 12.5. The van der Waals surface area contributed by atoms with Crippen molar-refractivity contribution in [2.24, 2.45) is 0 Å². The standard InChI is InChI=1S/C62H117NO5/c1-3-5-7-9-11-13-15-16-28-31-35-38-42-46-50-54-60(65)59(58-64)63-61(66)55-51-47-43-39-36-32-29-26-24-22-20-18-17-19-21-23-25-27-30-33-37-41-45-49-53-57-68-62(67)56-52-48-44-40-34-14-12-10-8-6-4-2/h18-21,50,54,59-60,64-65H,3-17,22-49,51-53,55-58H2,1-2H3,(H,63,66)/b20-18-,21-19-,54-50+. The Bertz CT molecular complexity index is 1100. The molecule has 2 unspecified atom stereocenters. The second kappa shape index (κ2) is 57.7. The Morgan fingerprint density at radius 1 is 0.412 bits per heavy atom. The van der Waals surface area contributed by atoms with Crippen LogP contribution >= 0.6 is 0 Å². The van der Waals surface area contributed by atoms with Gasteiger partial charge < -0.3 is 20.3 Å². The smallest absolute Gasteiger partial charge is 0.305 e. The number of rotatable bonds is 56. The van der Waals surface area contributed by atoms with Crippen molar-refractivity contribution >= 4 is 11.9 Å². The van der Waals surface area contributed by atoms with E-state index in [1.54, 1.807) is 6.08 Å². The number of esters is 1. The van der Waals surface area contributed by atoms with Gasteiger partial charge in [-0.3, -0.25) is 9.59 Å². The molecular formula is C62H117NO5. The monoisotopic (exact) mass is 956 g/mol. The van der Waals surface area contributed by atoms with E-state index in [0.29, 0.717) is 19.4 Å². The number of nitrogens with one attached hydrogen (secondary N) is 1. The van der Waals surface area contributed by atoms with Crippen LogP contribution in [0, 0.1) is 0 Å². The van der Waals surface area contributed by atoms with Crippen molar-refractivity contribution in [2.45, 2.75) is 334 Å². The third-order valence-electron chi connectivity index (χ3n) is 13.9. The largest absolute Gasteiger partial charge is 0.466 e. The maximum absolute atomic E-state index is 12.5. The summed E-state index contributed by atoms with van der Waals surface area (Å²) in [7, 11) is 0. The van der Waals surface area contributed by atoms with Gasteiger partial charge in [0.15, 0.2) is 0 Å². The topological polar surface area (TPSA) is 95.9 Å². The average Bonchev–Trinajstić information content (AvgIpc) is 3.34. The highest BCUT2D eigenvalue weighted by Gasteiger charge is 2.18. The van der Waals surface area contributed by atoms with Crippen LogP contribution in [0.1, 0.15) is 322 Å². The quantitative estimate of drug-likeness (QED) is 0.0321. The molecule has 0 saturated carbocycles. The van der Waals surface area contributed by atoms with Crippen LogP contribution in [0.2, 0.25) is 0 Å². The number of ether oxygens (including phenoxy) is 1. The molecule has 0 aliphatic rings. The normalized spacial score (nSPS) is 12.8. The highest BCUT2D eigenvalue weighted by atomic mass is 16.5. The molecule has 0 bridgehead atoms. The van der Waals surface area contributed by atoms with Gasteiger partial charge >= 0.3 is 5.97 Å². The molecule has 0 fully saturated rings. The molecule has 3 N–H and O–H groups in total. The molecule has 1 amide bonds. The summed E-state index contributed by atoms with van der Waals surface area (Å²) in [6.45, 7) is 4.90. The molecule has 2 atom stereocenters. The van der Waals surface area contributed by atoms with Crippen LogP contribution in [0.4, 0.5) is 0 Å². The SMILES string of the molecule is CCCCCCCCCCCCCCC/C=C/C(O)C(CO)NC(=O)CCCCCCCCCCC/C=C\C/C=C\CCCCCCCCCCCOC(=O)CCCCCCCCCCCCC. The van der Waals surface area contributed by atoms with Crippen molar-refractivity contribution in [3.05, 3.63) is 36.5 Å².